The number of hydrogen-bond acceptors (Lipinski definition) is 7. The molecule has 24 heavy (non-hydrogen) atoms. The van der Waals surface area contributed by atoms with Gasteiger partial charge in [0.2, 0.25) is 11.8 Å². The van der Waals surface area contributed by atoms with Crippen molar-refractivity contribution in [3.05, 3.63) is 53.9 Å². The van der Waals surface area contributed by atoms with Gasteiger partial charge in [0.1, 0.15) is 0 Å². The summed E-state index contributed by atoms with van der Waals surface area (Å²) in [6, 6.07) is 6.77. The number of aromatic carboxylic acids is 1. The van der Waals surface area contributed by atoms with Gasteiger partial charge in [-0.2, -0.15) is 0 Å². The largest absolute Gasteiger partial charge is 0.476 e. The zero-order chi connectivity index (χ0) is 17.1. The summed E-state index contributed by atoms with van der Waals surface area (Å²) in [5.74, 6) is -1.42. The molecule has 1 aromatic carbocycles. The van der Waals surface area contributed by atoms with Gasteiger partial charge in [-0.15, -0.1) is 10.2 Å². The highest BCUT2D eigenvalue weighted by atomic mass is 16.4. The zero-order valence-corrected chi connectivity index (χ0v) is 12.4. The normalized spacial score (nSPS) is 10.4. The number of anilines is 1. The number of carboxylic acid groups (broad SMARTS) is 1. The van der Waals surface area contributed by atoms with E-state index in [9.17, 15) is 9.59 Å². The number of nitrogens with zero attached hydrogens (tertiary/aromatic N) is 4. The molecular weight excluding hydrogens is 314 g/mol. The van der Waals surface area contributed by atoms with Gasteiger partial charge >= 0.3 is 5.97 Å². The van der Waals surface area contributed by atoms with E-state index in [-0.39, 0.29) is 11.6 Å². The van der Waals surface area contributed by atoms with E-state index in [1.54, 1.807) is 31.2 Å². The van der Waals surface area contributed by atoms with Crippen molar-refractivity contribution >= 4 is 17.6 Å². The Morgan fingerprint density at radius 1 is 1.08 bits per heavy atom. The number of carboxylic acids is 1. The van der Waals surface area contributed by atoms with Crippen LogP contribution in [0.4, 0.5) is 5.69 Å². The van der Waals surface area contributed by atoms with E-state index in [1.807, 2.05) is 0 Å². The fourth-order valence-electron chi connectivity index (χ4n) is 2.03. The number of aromatic nitrogens is 4. The van der Waals surface area contributed by atoms with Gasteiger partial charge in [0, 0.05) is 19.3 Å². The molecule has 0 saturated heterocycles. The Kier molecular flexibility index (Phi) is 3.98. The first-order valence-electron chi connectivity index (χ1n) is 6.81. The molecule has 3 aromatic rings. The lowest BCUT2D eigenvalue weighted by molar-refractivity contribution is 0.0685. The molecule has 0 aliphatic carbocycles. The van der Waals surface area contributed by atoms with Crippen LogP contribution in [-0.4, -0.2) is 37.1 Å². The van der Waals surface area contributed by atoms with Gasteiger partial charge in [-0.25, -0.2) is 14.8 Å². The van der Waals surface area contributed by atoms with Gasteiger partial charge in [-0.1, -0.05) is 12.1 Å². The lowest BCUT2D eigenvalue weighted by Crippen LogP contribution is -2.19. The van der Waals surface area contributed by atoms with Crippen molar-refractivity contribution in [1.29, 1.82) is 0 Å². The fraction of sp³-hybridized carbons (Fsp3) is 0.0667. The second kappa shape index (κ2) is 6.24. The Morgan fingerprint density at radius 2 is 1.79 bits per heavy atom. The van der Waals surface area contributed by atoms with Crippen molar-refractivity contribution < 1.29 is 19.1 Å². The molecule has 0 unspecified atom stereocenters. The number of carbonyl (C=O) groups is 2. The van der Waals surface area contributed by atoms with E-state index < -0.39 is 17.6 Å². The monoisotopic (exact) mass is 325 g/mol. The van der Waals surface area contributed by atoms with Crippen molar-refractivity contribution in [3.63, 3.8) is 0 Å². The highest BCUT2D eigenvalue weighted by molar-refractivity contribution is 6.09. The molecule has 0 aliphatic heterocycles. The summed E-state index contributed by atoms with van der Waals surface area (Å²) >= 11 is 0. The molecule has 0 saturated carbocycles. The van der Waals surface area contributed by atoms with E-state index in [2.05, 4.69) is 25.5 Å². The van der Waals surface area contributed by atoms with Gasteiger partial charge in [0.25, 0.3) is 5.91 Å². The maximum atomic E-state index is 12.4. The predicted molar refractivity (Wildman–Crippen MR) is 81.4 cm³/mol. The van der Waals surface area contributed by atoms with Crippen LogP contribution < -0.4 is 5.32 Å². The minimum Gasteiger partial charge on any atom is -0.476 e. The van der Waals surface area contributed by atoms with Crippen LogP contribution in [0.3, 0.4) is 0 Å². The van der Waals surface area contributed by atoms with Crippen LogP contribution in [0.2, 0.25) is 0 Å². The third-order valence-corrected chi connectivity index (χ3v) is 3.05. The Bertz CT molecular complexity index is 921. The van der Waals surface area contributed by atoms with Crippen LogP contribution in [0.5, 0.6) is 0 Å². The first-order chi connectivity index (χ1) is 11.6. The number of nitrogens with one attached hydrogen (secondary N) is 1. The molecule has 3 rings (SSSR count). The molecule has 0 bridgehead atoms. The van der Waals surface area contributed by atoms with Crippen LogP contribution in [0.15, 0.2) is 41.1 Å². The second-order valence-electron chi connectivity index (χ2n) is 4.68. The molecule has 120 valence electrons. The minimum absolute atomic E-state index is 0.237. The van der Waals surface area contributed by atoms with Gasteiger partial charge in [0.15, 0.2) is 11.4 Å². The molecule has 9 nitrogen and oxygen atoms in total. The van der Waals surface area contributed by atoms with Crippen LogP contribution in [0.25, 0.3) is 11.5 Å². The molecule has 0 radical (unpaired) electrons. The first-order valence-corrected chi connectivity index (χ1v) is 6.81. The number of benzene rings is 1. The standard InChI is InChI=1S/C15H11N5O4/c1-8-19-20-14(24-8)9-4-2-3-5-10(9)18-13(21)11-12(15(22)23)17-7-6-16-11/h2-7H,1H3,(H,18,21)(H,22,23). The summed E-state index contributed by atoms with van der Waals surface area (Å²) in [7, 11) is 0. The molecule has 0 fully saturated rings. The molecule has 2 aromatic heterocycles. The number of para-hydroxylation sites is 1. The average Bonchev–Trinajstić information content (AvgIpc) is 3.01. The molecule has 2 heterocycles. The topological polar surface area (TPSA) is 131 Å². The summed E-state index contributed by atoms with van der Waals surface area (Å²) < 4.78 is 5.36. The van der Waals surface area contributed by atoms with E-state index in [0.29, 0.717) is 17.1 Å². The molecule has 0 aliphatic rings. The van der Waals surface area contributed by atoms with Crippen LogP contribution >= 0.6 is 0 Å². The Morgan fingerprint density at radius 3 is 2.46 bits per heavy atom. The van der Waals surface area contributed by atoms with Crippen LogP contribution in [0.1, 0.15) is 26.9 Å². The van der Waals surface area contributed by atoms with Crippen molar-refractivity contribution in [3.8, 4) is 11.5 Å². The van der Waals surface area contributed by atoms with Crippen LogP contribution in [0, 0.1) is 6.92 Å². The van der Waals surface area contributed by atoms with E-state index >= 15 is 0 Å². The third-order valence-electron chi connectivity index (χ3n) is 3.05. The van der Waals surface area contributed by atoms with Gasteiger partial charge in [0.05, 0.1) is 11.3 Å². The minimum atomic E-state index is -1.34. The molecule has 9 heteroatoms. The average molecular weight is 325 g/mol. The number of hydrogen-bond donors (Lipinski definition) is 2. The lowest BCUT2D eigenvalue weighted by Gasteiger charge is -2.09. The van der Waals surface area contributed by atoms with Crippen molar-refractivity contribution in [2.24, 2.45) is 0 Å². The Hall–Kier alpha value is -3.62. The predicted octanol–water partition coefficient (Wildman–Crippen LogP) is 1.79. The highest BCUT2D eigenvalue weighted by Crippen LogP contribution is 2.27. The van der Waals surface area contributed by atoms with Crippen molar-refractivity contribution in [2.45, 2.75) is 6.92 Å². The number of aryl methyl sites for hydroxylation is 1. The summed E-state index contributed by atoms with van der Waals surface area (Å²) in [5.41, 5.74) is 0.169. The zero-order valence-electron chi connectivity index (χ0n) is 12.4. The molecule has 2 N–H and O–H groups in total. The molecular formula is C15H11N5O4. The summed E-state index contributed by atoms with van der Waals surface area (Å²) in [5, 5.41) is 19.4. The maximum Gasteiger partial charge on any atom is 0.356 e. The lowest BCUT2D eigenvalue weighted by atomic mass is 10.1. The number of amides is 1. The molecule has 0 spiro atoms. The Balaban J connectivity index is 1.95. The maximum absolute atomic E-state index is 12.4. The van der Waals surface area contributed by atoms with E-state index in [4.69, 9.17) is 9.52 Å². The van der Waals surface area contributed by atoms with Crippen molar-refractivity contribution in [1.82, 2.24) is 20.2 Å². The summed E-state index contributed by atoms with van der Waals surface area (Å²) in [6.45, 7) is 1.65. The summed E-state index contributed by atoms with van der Waals surface area (Å²) in [4.78, 5) is 31.0. The molecule has 0 atom stereocenters. The number of carbonyl (C=O) groups excluding carboxylic acids is 1. The van der Waals surface area contributed by atoms with E-state index in [1.165, 1.54) is 12.4 Å². The summed E-state index contributed by atoms with van der Waals surface area (Å²) in [6.07, 6.45) is 2.45. The second-order valence-corrected chi connectivity index (χ2v) is 4.68. The van der Waals surface area contributed by atoms with E-state index in [0.717, 1.165) is 0 Å². The van der Waals surface area contributed by atoms with Gasteiger partial charge < -0.3 is 14.8 Å². The SMILES string of the molecule is Cc1nnc(-c2ccccc2NC(=O)c2nccnc2C(=O)O)o1. The van der Waals surface area contributed by atoms with Gasteiger partial charge in [-0.3, -0.25) is 4.79 Å². The molecule has 1 amide bonds. The Labute approximate surface area is 135 Å². The quantitative estimate of drug-likeness (QED) is 0.742. The first kappa shape index (κ1) is 15.3. The van der Waals surface area contributed by atoms with Gasteiger partial charge in [-0.05, 0) is 12.1 Å². The number of rotatable bonds is 4. The third kappa shape index (κ3) is 2.95. The smallest absolute Gasteiger partial charge is 0.356 e. The van der Waals surface area contributed by atoms with Crippen LogP contribution in [-0.2, 0) is 0 Å². The fourth-order valence-corrected chi connectivity index (χ4v) is 2.03. The van der Waals surface area contributed by atoms with Crippen molar-refractivity contribution in [2.75, 3.05) is 5.32 Å². The highest BCUT2D eigenvalue weighted by Gasteiger charge is 2.21.